The van der Waals surface area contributed by atoms with E-state index >= 15 is 0 Å². The molecule has 0 spiro atoms. The van der Waals surface area contributed by atoms with Gasteiger partial charge in [-0.05, 0) is 67.7 Å². The minimum Gasteiger partial charge on any atom is -0.339 e. The molecule has 4 rings (SSSR count). The molecule has 0 saturated carbocycles. The second-order valence-corrected chi connectivity index (χ2v) is 10.5. The van der Waals surface area contributed by atoms with Crippen molar-refractivity contribution in [2.75, 3.05) is 31.6 Å². The Labute approximate surface area is 208 Å². The van der Waals surface area contributed by atoms with Crippen molar-refractivity contribution in [2.24, 2.45) is 5.41 Å². The third kappa shape index (κ3) is 5.39. The Morgan fingerprint density at radius 3 is 2.54 bits per heavy atom. The molecule has 2 aromatic rings. The molecule has 0 bridgehead atoms. The van der Waals surface area contributed by atoms with Gasteiger partial charge in [0.25, 0.3) is 11.8 Å². The number of piperidine rings is 1. The summed E-state index contributed by atoms with van der Waals surface area (Å²) in [6.45, 7) is 10.9. The minimum absolute atomic E-state index is 0.0783. The first-order valence-corrected chi connectivity index (χ1v) is 12.7. The zero-order valence-corrected chi connectivity index (χ0v) is 21.7. The Kier molecular flexibility index (Phi) is 7.24. The quantitative estimate of drug-likeness (QED) is 0.600. The summed E-state index contributed by atoms with van der Waals surface area (Å²) in [5, 5.41) is 0. The fourth-order valence-electron chi connectivity index (χ4n) is 4.76. The standard InChI is InChI=1S/C28H37N5O2/c1-6-7-12-31(5)27(35)24-20(2)16-23(19-29-24)33-13-8-9-21-17-22(18-30-25(21)33)26(34)32-14-10-28(3,4)11-15-32/h7,12,16-19H,6,8-11,13-15H2,1-5H3/b12-7+. The fraction of sp³-hybridized carbons (Fsp3) is 0.500. The minimum atomic E-state index is -0.125. The van der Waals surface area contributed by atoms with Crippen LogP contribution in [0.2, 0.25) is 0 Å². The lowest BCUT2D eigenvalue weighted by molar-refractivity contribution is 0.0629. The van der Waals surface area contributed by atoms with Crippen molar-refractivity contribution in [1.82, 2.24) is 19.8 Å². The largest absolute Gasteiger partial charge is 0.339 e. The molecule has 7 heteroatoms. The SMILES string of the molecule is CC/C=C/N(C)C(=O)c1ncc(N2CCCc3cc(C(=O)N4CCC(C)(C)CC4)cnc32)cc1C. The number of allylic oxidation sites excluding steroid dienone is 1. The Bertz CT molecular complexity index is 1130. The number of carbonyl (C=O) groups is 2. The van der Waals surface area contributed by atoms with E-state index in [0.29, 0.717) is 16.7 Å². The van der Waals surface area contributed by atoms with E-state index in [1.165, 1.54) is 0 Å². The van der Waals surface area contributed by atoms with Crippen molar-refractivity contribution in [3.8, 4) is 0 Å². The average Bonchev–Trinajstić information content (AvgIpc) is 2.85. The number of nitrogens with zero attached hydrogens (tertiary/aromatic N) is 5. The molecular formula is C28H37N5O2. The molecule has 0 aliphatic carbocycles. The molecule has 2 aliphatic rings. The van der Waals surface area contributed by atoms with Gasteiger partial charge in [-0.3, -0.25) is 9.59 Å². The Hall–Kier alpha value is -3.22. The molecule has 0 atom stereocenters. The monoisotopic (exact) mass is 475 g/mol. The summed E-state index contributed by atoms with van der Waals surface area (Å²) in [5.74, 6) is 0.825. The van der Waals surface area contributed by atoms with Gasteiger partial charge in [-0.15, -0.1) is 0 Å². The highest BCUT2D eigenvalue weighted by Gasteiger charge is 2.29. The van der Waals surface area contributed by atoms with E-state index in [-0.39, 0.29) is 11.8 Å². The van der Waals surface area contributed by atoms with Crippen molar-refractivity contribution in [3.63, 3.8) is 0 Å². The summed E-state index contributed by atoms with van der Waals surface area (Å²) in [4.78, 5) is 40.8. The first-order chi connectivity index (χ1) is 16.7. The summed E-state index contributed by atoms with van der Waals surface area (Å²) in [6.07, 6.45) is 12.0. The molecule has 4 heterocycles. The van der Waals surface area contributed by atoms with E-state index < -0.39 is 0 Å². The summed E-state index contributed by atoms with van der Waals surface area (Å²) in [5.41, 5.74) is 4.25. The van der Waals surface area contributed by atoms with Crippen LogP contribution in [0.4, 0.5) is 11.5 Å². The molecule has 1 saturated heterocycles. The maximum atomic E-state index is 13.1. The van der Waals surface area contributed by atoms with Crippen LogP contribution in [0.15, 0.2) is 36.8 Å². The van der Waals surface area contributed by atoms with Gasteiger partial charge in [-0.1, -0.05) is 26.8 Å². The molecule has 2 aromatic heterocycles. The van der Waals surface area contributed by atoms with Crippen molar-refractivity contribution < 1.29 is 9.59 Å². The predicted molar refractivity (Wildman–Crippen MR) is 139 cm³/mol. The molecule has 2 aliphatic heterocycles. The van der Waals surface area contributed by atoms with Crippen LogP contribution in [-0.4, -0.2) is 58.3 Å². The highest BCUT2D eigenvalue weighted by atomic mass is 16.2. The summed E-state index contributed by atoms with van der Waals surface area (Å²) in [6, 6.07) is 4.02. The fourth-order valence-corrected chi connectivity index (χ4v) is 4.76. The number of hydrogen-bond acceptors (Lipinski definition) is 5. The van der Waals surface area contributed by atoms with Gasteiger partial charge >= 0.3 is 0 Å². The van der Waals surface area contributed by atoms with E-state index in [1.807, 2.05) is 37.0 Å². The summed E-state index contributed by atoms with van der Waals surface area (Å²) in [7, 11) is 1.75. The maximum absolute atomic E-state index is 13.1. The lowest BCUT2D eigenvalue weighted by Gasteiger charge is -2.37. The van der Waals surface area contributed by atoms with Crippen LogP contribution < -0.4 is 4.90 Å². The molecule has 0 aromatic carbocycles. The van der Waals surface area contributed by atoms with Gasteiger partial charge in [0, 0.05) is 39.1 Å². The Morgan fingerprint density at radius 1 is 1.11 bits per heavy atom. The second-order valence-electron chi connectivity index (χ2n) is 10.5. The van der Waals surface area contributed by atoms with Gasteiger partial charge in [0.1, 0.15) is 11.5 Å². The summed E-state index contributed by atoms with van der Waals surface area (Å²) >= 11 is 0. The lowest BCUT2D eigenvalue weighted by Crippen LogP contribution is -2.41. The second kappa shape index (κ2) is 10.2. The van der Waals surface area contributed by atoms with Crippen LogP contribution >= 0.6 is 0 Å². The normalized spacial score (nSPS) is 17.4. The molecule has 186 valence electrons. The number of amides is 2. The first-order valence-electron chi connectivity index (χ1n) is 12.7. The highest BCUT2D eigenvalue weighted by molar-refractivity contribution is 5.95. The predicted octanol–water partition coefficient (Wildman–Crippen LogP) is 5.13. The number of aryl methyl sites for hydroxylation is 2. The third-order valence-electron chi connectivity index (χ3n) is 7.14. The van der Waals surface area contributed by atoms with E-state index in [9.17, 15) is 9.59 Å². The van der Waals surface area contributed by atoms with Gasteiger partial charge < -0.3 is 14.7 Å². The Morgan fingerprint density at radius 2 is 1.86 bits per heavy atom. The number of likely N-dealkylation sites (tertiary alicyclic amines) is 1. The van der Waals surface area contributed by atoms with E-state index in [2.05, 4.69) is 23.7 Å². The number of hydrogen-bond donors (Lipinski definition) is 0. The maximum Gasteiger partial charge on any atom is 0.276 e. The van der Waals surface area contributed by atoms with Crippen LogP contribution in [0.3, 0.4) is 0 Å². The zero-order chi connectivity index (χ0) is 25.2. The molecule has 0 N–H and O–H groups in total. The van der Waals surface area contributed by atoms with Crippen molar-refractivity contribution in [3.05, 3.63) is 59.2 Å². The average molecular weight is 476 g/mol. The van der Waals surface area contributed by atoms with Crippen LogP contribution in [-0.2, 0) is 6.42 Å². The molecule has 0 unspecified atom stereocenters. The topological polar surface area (TPSA) is 69.6 Å². The lowest BCUT2D eigenvalue weighted by atomic mass is 9.82. The summed E-state index contributed by atoms with van der Waals surface area (Å²) < 4.78 is 0. The van der Waals surface area contributed by atoms with Gasteiger partial charge in [0.2, 0.25) is 0 Å². The van der Waals surface area contributed by atoms with Crippen LogP contribution in [0.1, 0.15) is 78.4 Å². The first kappa shape index (κ1) is 24.9. The number of anilines is 2. The molecular weight excluding hydrogens is 438 g/mol. The van der Waals surface area contributed by atoms with Crippen molar-refractivity contribution in [1.29, 1.82) is 0 Å². The molecule has 0 radical (unpaired) electrons. The van der Waals surface area contributed by atoms with Gasteiger partial charge in [-0.2, -0.15) is 0 Å². The molecule has 1 fully saturated rings. The molecule has 35 heavy (non-hydrogen) atoms. The van der Waals surface area contributed by atoms with E-state index in [1.54, 1.807) is 30.5 Å². The molecule has 7 nitrogen and oxygen atoms in total. The van der Waals surface area contributed by atoms with Crippen LogP contribution in [0.25, 0.3) is 0 Å². The van der Waals surface area contributed by atoms with Crippen molar-refractivity contribution >= 4 is 23.3 Å². The van der Waals surface area contributed by atoms with Crippen molar-refractivity contribution in [2.45, 2.75) is 59.8 Å². The number of carbonyl (C=O) groups excluding carboxylic acids is 2. The van der Waals surface area contributed by atoms with E-state index in [4.69, 9.17) is 4.98 Å². The third-order valence-corrected chi connectivity index (χ3v) is 7.14. The number of pyridine rings is 2. The number of aromatic nitrogens is 2. The highest BCUT2D eigenvalue weighted by Crippen LogP contribution is 2.34. The Balaban J connectivity index is 1.54. The van der Waals surface area contributed by atoms with Gasteiger partial charge in [0.05, 0.1) is 17.4 Å². The zero-order valence-electron chi connectivity index (χ0n) is 21.7. The number of rotatable bonds is 5. The van der Waals surface area contributed by atoms with Crippen LogP contribution in [0.5, 0.6) is 0 Å². The number of fused-ring (bicyclic) bond motifs is 1. The van der Waals surface area contributed by atoms with Gasteiger partial charge in [-0.25, -0.2) is 9.97 Å². The smallest absolute Gasteiger partial charge is 0.276 e. The van der Waals surface area contributed by atoms with E-state index in [0.717, 1.165) is 74.4 Å². The van der Waals surface area contributed by atoms with Crippen LogP contribution in [0, 0.1) is 12.3 Å². The van der Waals surface area contributed by atoms with Gasteiger partial charge in [0.15, 0.2) is 0 Å². The molecule has 2 amide bonds.